The molecule has 0 N–H and O–H groups in total. The van der Waals surface area contributed by atoms with Gasteiger partial charge >= 0.3 is 5.97 Å². The van der Waals surface area contributed by atoms with Crippen molar-refractivity contribution in [3.8, 4) is 11.1 Å². The Labute approximate surface area is 111 Å². The predicted octanol–water partition coefficient (Wildman–Crippen LogP) is 3.62. The SMILES string of the molecule is CCn1cc(C(=O)OC)c(-c2cccc(Cl)c2)c1. The second-order valence-electron chi connectivity index (χ2n) is 3.92. The Kier molecular flexibility index (Phi) is 3.72. The molecule has 1 aromatic carbocycles. The van der Waals surface area contributed by atoms with Gasteiger partial charge in [-0.15, -0.1) is 0 Å². The van der Waals surface area contributed by atoms with Crippen LogP contribution in [-0.2, 0) is 11.3 Å². The Morgan fingerprint density at radius 3 is 2.78 bits per heavy atom. The lowest BCUT2D eigenvalue weighted by molar-refractivity contribution is 0.0601. The number of halogens is 1. The van der Waals surface area contributed by atoms with E-state index in [0.717, 1.165) is 17.7 Å². The molecule has 2 rings (SSSR count). The van der Waals surface area contributed by atoms with E-state index in [-0.39, 0.29) is 5.97 Å². The van der Waals surface area contributed by atoms with Crippen LogP contribution in [0.15, 0.2) is 36.7 Å². The third-order valence-electron chi connectivity index (χ3n) is 2.79. The molecule has 1 heterocycles. The maximum absolute atomic E-state index is 11.8. The Morgan fingerprint density at radius 1 is 1.39 bits per heavy atom. The largest absolute Gasteiger partial charge is 0.465 e. The van der Waals surface area contributed by atoms with Gasteiger partial charge in [0.2, 0.25) is 0 Å². The Hall–Kier alpha value is -1.74. The van der Waals surface area contributed by atoms with Gasteiger partial charge in [0.15, 0.2) is 0 Å². The average Bonchev–Trinajstić information content (AvgIpc) is 2.82. The van der Waals surface area contributed by atoms with Crippen molar-refractivity contribution in [2.75, 3.05) is 7.11 Å². The first-order valence-electron chi connectivity index (χ1n) is 5.69. The molecule has 0 saturated heterocycles. The van der Waals surface area contributed by atoms with Gasteiger partial charge in [0.05, 0.1) is 12.7 Å². The minimum Gasteiger partial charge on any atom is -0.465 e. The first kappa shape index (κ1) is 12.7. The van der Waals surface area contributed by atoms with Crippen LogP contribution in [0.1, 0.15) is 17.3 Å². The number of ether oxygens (including phenoxy) is 1. The number of hydrogen-bond acceptors (Lipinski definition) is 2. The number of carbonyl (C=O) groups is 1. The van der Waals surface area contributed by atoms with Crippen molar-refractivity contribution in [1.82, 2.24) is 4.57 Å². The lowest BCUT2D eigenvalue weighted by atomic mass is 10.1. The third-order valence-corrected chi connectivity index (χ3v) is 3.02. The molecule has 0 amide bonds. The monoisotopic (exact) mass is 263 g/mol. The van der Waals surface area contributed by atoms with Gasteiger partial charge in [-0.1, -0.05) is 23.7 Å². The maximum Gasteiger partial charge on any atom is 0.340 e. The molecular formula is C14H14ClNO2. The smallest absolute Gasteiger partial charge is 0.340 e. The van der Waals surface area contributed by atoms with E-state index in [1.54, 1.807) is 12.3 Å². The van der Waals surface area contributed by atoms with E-state index in [4.69, 9.17) is 16.3 Å². The normalized spacial score (nSPS) is 10.4. The average molecular weight is 264 g/mol. The predicted molar refractivity (Wildman–Crippen MR) is 71.9 cm³/mol. The number of rotatable bonds is 3. The van der Waals surface area contributed by atoms with E-state index in [1.165, 1.54) is 7.11 Å². The van der Waals surface area contributed by atoms with Crippen LogP contribution in [0.25, 0.3) is 11.1 Å². The zero-order chi connectivity index (χ0) is 13.1. The van der Waals surface area contributed by atoms with Crippen LogP contribution >= 0.6 is 11.6 Å². The maximum atomic E-state index is 11.8. The number of aryl methyl sites for hydroxylation is 1. The fourth-order valence-corrected chi connectivity index (χ4v) is 2.04. The van der Waals surface area contributed by atoms with Crippen molar-refractivity contribution < 1.29 is 9.53 Å². The van der Waals surface area contributed by atoms with Crippen LogP contribution in [0.5, 0.6) is 0 Å². The highest BCUT2D eigenvalue weighted by Gasteiger charge is 2.16. The molecule has 4 heteroatoms. The van der Waals surface area contributed by atoms with Crippen LogP contribution < -0.4 is 0 Å². The second-order valence-corrected chi connectivity index (χ2v) is 4.35. The molecule has 18 heavy (non-hydrogen) atoms. The summed E-state index contributed by atoms with van der Waals surface area (Å²) in [4.78, 5) is 11.8. The summed E-state index contributed by atoms with van der Waals surface area (Å²) in [6.07, 6.45) is 3.72. The lowest BCUT2D eigenvalue weighted by Crippen LogP contribution is -2.01. The second kappa shape index (κ2) is 5.27. The summed E-state index contributed by atoms with van der Waals surface area (Å²) in [5.74, 6) is -0.336. The number of aromatic nitrogens is 1. The van der Waals surface area contributed by atoms with Gasteiger partial charge in [0.25, 0.3) is 0 Å². The fourth-order valence-electron chi connectivity index (χ4n) is 1.85. The molecule has 0 saturated carbocycles. The van der Waals surface area contributed by atoms with Crippen LogP contribution in [0.3, 0.4) is 0 Å². The van der Waals surface area contributed by atoms with E-state index in [2.05, 4.69) is 0 Å². The Morgan fingerprint density at radius 2 is 2.17 bits per heavy atom. The van der Waals surface area contributed by atoms with Crippen LogP contribution in [0.4, 0.5) is 0 Å². The van der Waals surface area contributed by atoms with Gasteiger partial charge in [-0.05, 0) is 24.6 Å². The van der Waals surface area contributed by atoms with Gasteiger partial charge in [0.1, 0.15) is 0 Å². The minimum atomic E-state index is -0.336. The molecule has 0 radical (unpaired) electrons. The quantitative estimate of drug-likeness (QED) is 0.792. The summed E-state index contributed by atoms with van der Waals surface area (Å²) >= 11 is 5.98. The van der Waals surface area contributed by atoms with Gasteiger partial charge in [-0.25, -0.2) is 4.79 Å². The molecule has 94 valence electrons. The summed E-state index contributed by atoms with van der Waals surface area (Å²) in [7, 11) is 1.38. The standard InChI is InChI=1S/C14H14ClNO2/c1-3-16-8-12(13(9-16)14(17)18-2)10-5-4-6-11(15)7-10/h4-9H,3H2,1-2H3. The molecular weight excluding hydrogens is 250 g/mol. The molecule has 0 aliphatic carbocycles. The van der Waals surface area contributed by atoms with E-state index in [1.807, 2.05) is 35.9 Å². The van der Waals surface area contributed by atoms with Crippen molar-refractivity contribution in [2.45, 2.75) is 13.5 Å². The molecule has 0 aliphatic heterocycles. The van der Waals surface area contributed by atoms with Crippen molar-refractivity contribution >= 4 is 17.6 Å². The zero-order valence-electron chi connectivity index (χ0n) is 10.3. The number of esters is 1. The summed E-state index contributed by atoms with van der Waals surface area (Å²) < 4.78 is 6.75. The van der Waals surface area contributed by atoms with Crippen molar-refractivity contribution in [2.24, 2.45) is 0 Å². The summed E-state index contributed by atoms with van der Waals surface area (Å²) in [6, 6.07) is 7.43. The van der Waals surface area contributed by atoms with Crippen LogP contribution in [-0.4, -0.2) is 17.6 Å². The van der Waals surface area contributed by atoms with Crippen molar-refractivity contribution in [3.05, 3.63) is 47.2 Å². The summed E-state index contributed by atoms with van der Waals surface area (Å²) in [5.41, 5.74) is 2.31. The highest BCUT2D eigenvalue weighted by atomic mass is 35.5. The highest BCUT2D eigenvalue weighted by molar-refractivity contribution is 6.30. The van der Waals surface area contributed by atoms with Gasteiger partial charge in [0, 0.05) is 29.5 Å². The number of hydrogen-bond donors (Lipinski definition) is 0. The first-order valence-corrected chi connectivity index (χ1v) is 6.07. The molecule has 2 aromatic rings. The molecule has 0 aliphatic rings. The van der Waals surface area contributed by atoms with Gasteiger partial charge < -0.3 is 9.30 Å². The number of benzene rings is 1. The Balaban J connectivity index is 2.55. The Bertz CT molecular complexity index is 575. The van der Waals surface area contributed by atoms with Crippen LogP contribution in [0, 0.1) is 0 Å². The van der Waals surface area contributed by atoms with E-state index >= 15 is 0 Å². The third kappa shape index (κ3) is 2.41. The van der Waals surface area contributed by atoms with Crippen molar-refractivity contribution in [1.29, 1.82) is 0 Å². The minimum absolute atomic E-state index is 0.336. The fraction of sp³-hybridized carbons (Fsp3) is 0.214. The zero-order valence-corrected chi connectivity index (χ0v) is 11.1. The van der Waals surface area contributed by atoms with Gasteiger partial charge in [-0.3, -0.25) is 0 Å². The number of methoxy groups -OCH3 is 1. The van der Waals surface area contributed by atoms with Crippen molar-refractivity contribution in [3.63, 3.8) is 0 Å². The first-order chi connectivity index (χ1) is 8.65. The lowest BCUT2D eigenvalue weighted by Gasteiger charge is -2.02. The van der Waals surface area contributed by atoms with Crippen LogP contribution in [0.2, 0.25) is 5.02 Å². The molecule has 3 nitrogen and oxygen atoms in total. The molecule has 0 fully saturated rings. The molecule has 0 atom stereocenters. The highest BCUT2D eigenvalue weighted by Crippen LogP contribution is 2.27. The molecule has 0 spiro atoms. The van der Waals surface area contributed by atoms with Gasteiger partial charge in [-0.2, -0.15) is 0 Å². The molecule has 1 aromatic heterocycles. The number of nitrogens with zero attached hydrogens (tertiary/aromatic N) is 1. The van der Waals surface area contributed by atoms with E-state index in [9.17, 15) is 4.79 Å². The summed E-state index contributed by atoms with van der Waals surface area (Å²) in [6.45, 7) is 2.81. The summed E-state index contributed by atoms with van der Waals surface area (Å²) in [5, 5.41) is 0.646. The molecule has 0 bridgehead atoms. The van der Waals surface area contributed by atoms with E-state index < -0.39 is 0 Å². The topological polar surface area (TPSA) is 31.2 Å². The molecule has 0 unspecified atom stereocenters. The van der Waals surface area contributed by atoms with E-state index in [0.29, 0.717) is 10.6 Å². The number of carbonyl (C=O) groups excluding carboxylic acids is 1.